The highest BCUT2D eigenvalue weighted by Gasteiger charge is 2.16. The van der Waals surface area contributed by atoms with Crippen molar-refractivity contribution in [2.75, 3.05) is 41.9 Å². The number of nitrogens with zero attached hydrogens (tertiary/aromatic N) is 5. The average Bonchev–Trinajstić information content (AvgIpc) is 3.24. The van der Waals surface area contributed by atoms with Crippen LogP contribution in [0.15, 0.2) is 47.8 Å². The summed E-state index contributed by atoms with van der Waals surface area (Å²) in [6, 6.07) is 9.97. The third kappa shape index (κ3) is 4.63. The minimum atomic E-state index is 0.373. The Morgan fingerprint density at radius 1 is 1.07 bits per heavy atom. The van der Waals surface area contributed by atoms with Gasteiger partial charge in [0.05, 0.1) is 19.4 Å². The number of rotatable bonds is 6. The Kier molecular flexibility index (Phi) is 5.43. The summed E-state index contributed by atoms with van der Waals surface area (Å²) in [6.45, 7) is 4.83. The number of aromatic amines is 1. The van der Waals surface area contributed by atoms with E-state index in [1.165, 1.54) is 5.56 Å². The second-order valence-electron chi connectivity index (χ2n) is 6.39. The number of nitrogens with one attached hydrogen (secondary N) is 3. The van der Waals surface area contributed by atoms with Gasteiger partial charge in [0.25, 0.3) is 0 Å². The van der Waals surface area contributed by atoms with Gasteiger partial charge in [-0.05, 0) is 25.1 Å². The molecule has 0 bridgehead atoms. The molecule has 144 valence electrons. The minimum Gasteiger partial charge on any atom is -0.378 e. The van der Waals surface area contributed by atoms with E-state index in [4.69, 9.17) is 4.74 Å². The van der Waals surface area contributed by atoms with Crippen LogP contribution in [0.2, 0.25) is 0 Å². The minimum absolute atomic E-state index is 0.373. The first-order chi connectivity index (χ1) is 13.8. The van der Waals surface area contributed by atoms with Crippen molar-refractivity contribution < 1.29 is 4.74 Å². The number of morpholine rings is 1. The molecule has 1 aliphatic rings. The third-order valence-corrected chi connectivity index (χ3v) is 4.23. The normalized spacial score (nSPS) is 14.4. The zero-order chi connectivity index (χ0) is 19.2. The predicted octanol–water partition coefficient (Wildman–Crippen LogP) is 2.53. The molecule has 3 heterocycles. The molecular formula is C19H22N8O. The van der Waals surface area contributed by atoms with Crippen LogP contribution < -0.4 is 15.6 Å². The summed E-state index contributed by atoms with van der Waals surface area (Å²) in [7, 11) is 0. The number of aryl methyl sites for hydroxylation is 1. The van der Waals surface area contributed by atoms with Crippen molar-refractivity contribution in [3.63, 3.8) is 0 Å². The number of ether oxygens (including phenoxy) is 1. The number of hydrazone groups is 1. The Bertz CT molecular complexity index is 918. The van der Waals surface area contributed by atoms with E-state index in [0.717, 1.165) is 24.3 Å². The molecule has 9 nitrogen and oxygen atoms in total. The first-order valence-electron chi connectivity index (χ1n) is 9.10. The lowest BCUT2D eigenvalue weighted by atomic mass is 10.2. The summed E-state index contributed by atoms with van der Waals surface area (Å²) in [5.41, 5.74) is 5.95. The van der Waals surface area contributed by atoms with Crippen molar-refractivity contribution in [2.45, 2.75) is 6.92 Å². The van der Waals surface area contributed by atoms with Gasteiger partial charge in [-0.3, -0.25) is 0 Å². The lowest BCUT2D eigenvalue weighted by Gasteiger charge is -2.27. The number of aromatic nitrogens is 4. The standard InChI is InChI=1S/C19H22N8O/c1-14-2-4-16(5-3-14)22-17-23-18(26-21-13-15-6-7-20-12-15)25-19(24-17)27-8-10-28-11-9-27/h2-7,12-13,20H,8-11H2,1H3,(H2,22,23,24,25,26)/b21-13-. The van der Waals surface area contributed by atoms with Crippen molar-refractivity contribution in [3.05, 3.63) is 53.9 Å². The second-order valence-corrected chi connectivity index (χ2v) is 6.39. The average molecular weight is 378 g/mol. The number of hydrogen-bond donors (Lipinski definition) is 3. The van der Waals surface area contributed by atoms with E-state index >= 15 is 0 Å². The molecule has 0 spiro atoms. The molecule has 1 aromatic carbocycles. The number of hydrogen-bond acceptors (Lipinski definition) is 8. The molecule has 3 N–H and O–H groups in total. The fourth-order valence-electron chi connectivity index (χ4n) is 2.72. The highest BCUT2D eigenvalue weighted by molar-refractivity contribution is 5.79. The molecule has 0 atom stereocenters. The van der Waals surface area contributed by atoms with Crippen LogP contribution in [-0.4, -0.2) is 52.5 Å². The summed E-state index contributed by atoms with van der Waals surface area (Å²) >= 11 is 0. The van der Waals surface area contributed by atoms with Crippen LogP contribution in [0.3, 0.4) is 0 Å². The van der Waals surface area contributed by atoms with E-state index in [9.17, 15) is 0 Å². The van der Waals surface area contributed by atoms with Gasteiger partial charge in [-0.1, -0.05) is 17.7 Å². The van der Waals surface area contributed by atoms with E-state index in [-0.39, 0.29) is 0 Å². The van der Waals surface area contributed by atoms with Gasteiger partial charge < -0.3 is 19.9 Å². The molecule has 1 fully saturated rings. The van der Waals surface area contributed by atoms with E-state index in [1.807, 2.05) is 49.6 Å². The maximum atomic E-state index is 5.42. The Morgan fingerprint density at radius 3 is 2.61 bits per heavy atom. The fraction of sp³-hybridized carbons (Fsp3) is 0.263. The topological polar surface area (TPSA) is 103 Å². The van der Waals surface area contributed by atoms with E-state index < -0.39 is 0 Å². The molecule has 4 rings (SSSR count). The van der Waals surface area contributed by atoms with Gasteiger partial charge in [0.2, 0.25) is 17.8 Å². The predicted molar refractivity (Wildman–Crippen MR) is 109 cm³/mol. The number of benzene rings is 1. The van der Waals surface area contributed by atoms with Crippen molar-refractivity contribution in [3.8, 4) is 0 Å². The molecule has 0 aliphatic carbocycles. The Hall–Kier alpha value is -3.46. The van der Waals surface area contributed by atoms with Crippen molar-refractivity contribution in [1.29, 1.82) is 0 Å². The monoisotopic (exact) mass is 378 g/mol. The van der Waals surface area contributed by atoms with Gasteiger partial charge in [-0.25, -0.2) is 5.43 Å². The quantitative estimate of drug-likeness (QED) is 0.447. The molecule has 1 aliphatic heterocycles. The molecule has 3 aromatic rings. The highest BCUT2D eigenvalue weighted by Crippen LogP contribution is 2.19. The molecule has 0 amide bonds. The maximum Gasteiger partial charge on any atom is 0.250 e. The van der Waals surface area contributed by atoms with Crippen LogP contribution in [-0.2, 0) is 4.74 Å². The van der Waals surface area contributed by atoms with E-state index in [2.05, 4.69) is 40.7 Å². The lowest BCUT2D eigenvalue weighted by molar-refractivity contribution is 0.122. The van der Waals surface area contributed by atoms with E-state index in [1.54, 1.807) is 6.21 Å². The van der Waals surface area contributed by atoms with Gasteiger partial charge in [0, 0.05) is 36.7 Å². The van der Waals surface area contributed by atoms with Gasteiger partial charge in [0.15, 0.2) is 0 Å². The first-order valence-corrected chi connectivity index (χ1v) is 9.10. The zero-order valence-corrected chi connectivity index (χ0v) is 15.6. The molecule has 0 saturated carbocycles. The Labute approximate surface area is 162 Å². The molecule has 1 saturated heterocycles. The van der Waals surface area contributed by atoms with Gasteiger partial charge in [0.1, 0.15) is 0 Å². The second kappa shape index (κ2) is 8.49. The summed E-state index contributed by atoms with van der Waals surface area (Å²) in [4.78, 5) is 18.6. The molecule has 0 unspecified atom stereocenters. The summed E-state index contributed by atoms with van der Waals surface area (Å²) < 4.78 is 5.42. The van der Waals surface area contributed by atoms with Crippen LogP contribution in [0.5, 0.6) is 0 Å². The number of anilines is 4. The molecule has 0 radical (unpaired) electrons. The SMILES string of the molecule is Cc1ccc(Nc2nc(N/N=C\c3cc[nH]c3)nc(N3CCOCC3)n2)cc1. The Morgan fingerprint density at radius 2 is 1.86 bits per heavy atom. The van der Waals surface area contributed by atoms with Crippen LogP contribution in [0.25, 0.3) is 0 Å². The van der Waals surface area contributed by atoms with Gasteiger partial charge >= 0.3 is 0 Å². The van der Waals surface area contributed by atoms with Crippen LogP contribution in [0.4, 0.5) is 23.5 Å². The highest BCUT2D eigenvalue weighted by atomic mass is 16.5. The lowest BCUT2D eigenvalue weighted by Crippen LogP contribution is -2.37. The fourth-order valence-corrected chi connectivity index (χ4v) is 2.72. The maximum absolute atomic E-state index is 5.42. The third-order valence-electron chi connectivity index (χ3n) is 4.23. The van der Waals surface area contributed by atoms with Gasteiger partial charge in [-0.15, -0.1) is 0 Å². The number of H-pyrrole nitrogens is 1. The molecule has 28 heavy (non-hydrogen) atoms. The summed E-state index contributed by atoms with van der Waals surface area (Å²) in [5.74, 6) is 1.42. The van der Waals surface area contributed by atoms with Gasteiger partial charge in [-0.2, -0.15) is 20.1 Å². The largest absolute Gasteiger partial charge is 0.378 e. The first kappa shape index (κ1) is 17.9. The summed E-state index contributed by atoms with van der Waals surface area (Å²) in [5, 5.41) is 7.45. The van der Waals surface area contributed by atoms with Crippen LogP contribution in [0.1, 0.15) is 11.1 Å². The Balaban J connectivity index is 1.57. The van der Waals surface area contributed by atoms with Crippen LogP contribution >= 0.6 is 0 Å². The van der Waals surface area contributed by atoms with Crippen molar-refractivity contribution in [2.24, 2.45) is 5.10 Å². The van der Waals surface area contributed by atoms with Crippen LogP contribution in [0, 0.1) is 6.92 Å². The summed E-state index contributed by atoms with van der Waals surface area (Å²) in [6.07, 6.45) is 5.38. The molecule has 9 heteroatoms. The zero-order valence-electron chi connectivity index (χ0n) is 15.6. The van der Waals surface area contributed by atoms with Crippen molar-refractivity contribution >= 4 is 29.7 Å². The smallest absolute Gasteiger partial charge is 0.250 e. The van der Waals surface area contributed by atoms with Crippen molar-refractivity contribution in [1.82, 2.24) is 19.9 Å². The van der Waals surface area contributed by atoms with E-state index in [0.29, 0.717) is 31.1 Å². The molecule has 2 aromatic heterocycles. The molecular weight excluding hydrogens is 356 g/mol.